The van der Waals surface area contributed by atoms with Crippen LogP contribution in [0.25, 0.3) is 0 Å². The van der Waals surface area contributed by atoms with E-state index in [1.807, 2.05) is 30.3 Å². The van der Waals surface area contributed by atoms with Gasteiger partial charge in [0.25, 0.3) is 5.69 Å². The first kappa shape index (κ1) is 15.7. The summed E-state index contributed by atoms with van der Waals surface area (Å²) in [5.74, 6) is 0. The van der Waals surface area contributed by atoms with Gasteiger partial charge in [-0.15, -0.1) is 0 Å². The van der Waals surface area contributed by atoms with Crippen molar-refractivity contribution in [3.8, 4) is 0 Å². The summed E-state index contributed by atoms with van der Waals surface area (Å²) in [5, 5.41) is 23.1. The molecule has 0 radical (unpaired) electrons. The molecule has 2 rings (SSSR count). The van der Waals surface area contributed by atoms with Crippen molar-refractivity contribution < 1.29 is 10.0 Å². The SMILES string of the molecule is O=[N+]([O-])c1cc(I)ccc1NCCc1ccc(CO)cc1. The van der Waals surface area contributed by atoms with E-state index in [1.54, 1.807) is 12.1 Å². The molecule has 2 aromatic carbocycles. The molecular weight excluding hydrogens is 383 g/mol. The lowest BCUT2D eigenvalue weighted by Crippen LogP contribution is -2.07. The van der Waals surface area contributed by atoms with E-state index < -0.39 is 0 Å². The van der Waals surface area contributed by atoms with Crippen LogP contribution in [0.4, 0.5) is 11.4 Å². The van der Waals surface area contributed by atoms with E-state index in [4.69, 9.17) is 5.11 Å². The van der Waals surface area contributed by atoms with Gasteiger partial charge in [-0.05, 0) is 52.3 Å². The van der Waals surface area contributed by atoms with Crippen LogP contribution in [-0.4, -0.2) is 16.6 Å². The zero-order valence-corrected chi connectivity index (χ0v) is 13.4. The van der Waals surface area contributed by atoms with E-state index in [0.717, 1.165) is 21.1 Å². The first-order valence-corrected chi connectivity index (χ1v) is 7.54. The molecule has 0 heterocycles. The Morgan fingerprint density at radius 3 is 2.43 bits per heavy atom. The van der Waals surface area contributed by atoms with Gasteiger partial charge in [0.2, 0.25) is 0 Å². The number of nitro benzene ring substituents is 1. The highest BCUT2D eigenvalue weighted by molar-refractivity contribution is 14.1. The zero-order chi connectivity index (χ0) is 15.2. The van der Waals surface area contributed by atoms with E-state index in [-0.39, 0.29) is 17.2 Å². The second-order valence-electron chi connectivity index (χ2n) is 4.57. The van der Waals surface area contributed by atoms with Gasteiger partial charge in [-0.2, -0.15) is 0 Å². The molecule has 0 aliphatic rings. The van der Waals surface area contributed by atoms with E-state index >= 15 is 0 Å². The standard InChI is InChI=1S/C15H15IN2O3/c16-13-5-6-14(15(9-13)18(20)21)17-8-7-11-1-3-12(10-19)4-2-11/h1-6,9,17,19H,7-8,10H2. The molecule has 5 nitrogen and oxygen atoms in total. The summed E-state index contributed by atoms with van der Waals surface area (Å²) in [6.45, 7) is 0.646. The molecule has 21 heavy (non-hydrogen) atoms. The Labute approximate surface area is 136 Å². The number of aliphatic hydroxyl groups is 1. The number of hydrogen-bond donors (Lipinski definition) is 2. The van der Waals surface area contributed by atoms with Gasteiger partial charge >= 0.3 is 0 Å². The number of rotatable bonds is 6. The Balaban J connectivity index is 1.98. The predicted octanol–water partition coefficient (Wildman–Crippen LogP) is 3.35. The lowest BCUT2D eigenvalue weighted by Gasteiger charge is -2.08. The van der Waals surface area contributed by atoms with Gasteiger partial charge < -0.3 is 10.4 Å². The topological polar surface area (TPSA) is 75.4 Å². The van der Waals surface area contributed by atoms with Gasteiger partial charge in [0.05, 0.1) is 11.5 Å². The second kappa shape index (κ2) is 7.37. The number of hydrogen-bond acceptors (Lipinski definition) is 4. The smallest absolute Gasteiger partial charge is 0.293 e. The predicted molar refractivity (Wildman–Crippen MR) is 90.4 cm³/mol. The average Bonchev–Trinajstić information content (AvgIpc) is 2.49. The number of nitrogens with one attached hydrogen (secondary N) is 1. The maximum atomic E-state index is 11.0. The highest BCUT2D eigenvalue weighted by atomic mass is 127. The summed E-state index contributed by atoms with van der Waals surface area (Å²) < 4.78 is 0.837. The molecule has 0 aliphatic heterocycles. The molecule has 0 spiro atoms. The molecule has 110 valence electrons. The van der Waals surface area contributed by atoms with E-state index in [1.165, 1.54) is 0 Å². The van der Waals surface area contributed by atoms with Crippen LogP contribution in [0.15, 0.2) is 42.5 Å². The number of anilines is 1. The molecule has 0 fully saturated rings. The van der Waals surface area contributed by atoms with Crippen LogP contribution < -0.4 is 5.32 Å². The van der Waals surface area contributed by atoms with Crippen LogP contribution in [0.3, 0.4) is 0 Å². The third-order valence-electron chi connectivity index (χ3n) is 3.09. The number of nitrogens with zero attached hydrogens (tertiary/aromatic N) is 1. The second-order valence-corrected chi connectivity index (χ2v) is 5.82. The number of aliphatic hydroxyl groups excluding tert-OH is 1. The third-order valence-corrected chi connectivity index (χ3v) is 3.76. The molecule has 0 amide bonds. The molecule has 0 saturated heterocycles. The molecule has 2 aromatic rings. The van der Waals surface area contributed by atoms with Crippen molar-refractivity contribution in [2.45, 2.75) is 13.0 Å². The molecule has 0 aromatic heterocycles. The van der Waals surface area contributed by atoms with Crippen molar-refractivity contribution in [3.63, 3.8) is 0 Å². The van der Waals surface area contributed by atoms with E-state index in [2.05, 4.69) is 27.9 Å². The Bertz CT molecular complexity index is 629. The fourth-order valence-corrected chi connectivity index (χ4v) is 2.43. The summed E-state index contributed by atoms with van der Waals surface area (Å²) >= 11 is 2.06. The minimum atomic E-state index is -0.374. The van der Waals surface area contributed by atoms with Crippen molar-refractivity contribution in [1.29, 1.82) is 0 Å². The Hall–Kier alpha value is -1.67. The van der Waals surface area contributed by atoms with Gasteiger partial charge in [0.15, 0.2) is 0 Å². The van der Waals surface area contributed by atoms with Crippen molar-refractivity contribution in [3.05, 3.63) is 67.3 Å². The van der Waals surface area contributed by atoms with Crippen LogP contribution in [-0.2, 0) is 13.0 Å². The quantitative estimate of drug-likeness (QED) is 0.445. The minimum Gasteiger partial charge on any atom is -0.392 e. The highest BCUT2D eigenvalue weighted by Crippen LogP contribution is 2.26. The lowest BCUT2D eigenvalue weighted by atomic mass is 10.1. The molecule has 6 heteroatoms. The van der Waals surface area contributed by atoms with Crippen molar-refractivity contribution in [1.82, 2.24) is 0 Å². The van der Waals surface area contributed by atoms with Crippen molar-refractivity contribution in [2.24, 2.45) is 0 Å². The fraction of sp³-hybridized carbons (Fsp3) is 0.200. The number of halogens is 1. The molecule has 0 atom stereocenters. The van der Waals surface area contributed by atoms with Gasteiger partial charge in [-0.1, -0.05) is 24.3 Å². The largest absolute Gasteiger partial charge is 0.392 e. The number of nitro groups is 1. The van der Waals surface area contributed by atoms with Crippen LogP contribution in [0, 0.1) is 13.7 Å². The summed E-state index contributed by atoms with van der Waals surface area (Å²) in [7, 11) is 0. The van der Waals surface area contributed by atoms with Gasteiger partial charge in [-0.3, -0.25) is 10.1 Å². The Morgan fingerprint density at radius 1 is 1.14 bits per heavy atom. The van der Waals surface area contributed by atoms with Crippen LogP contribution in [0.1, 0.15) is 11.1 Å². The highest BCUT2D eigenvalue weighted by Gasteiger charge is 2.13. The summed E-state index contributed by atoms with van der Waals surface area (Å²) in [4.78, 5) is 10.6. The summed E-state index contributed by atoms with van der Waals surface area (Å²) in [6, 6.07) is 12.8. The van der Waals surface area contributed by atoms with Gasteiger partial charge in [0, 0.05) is 16.2 Å². The summed E-state index contributed by atoms with van der Waals surface area (Å²) in [6.07, 6.45) is 0.759. The third kappa shape index (κ3) is 4.40. The average molecular weight is 398 g/mol. The minimum absolute atomic E-state index is 0.0351. The molecule has 2 N–H and O–H groups in total. The van der Waals surface area contributed by atoms with Crippen molar-refractivity contribution >= 4 is 34.0 Å². The van der Waals surface area contributed by atoms with E-state index in [9.17, 15) is 10.1 Å². The molecule has 0 aliphatic carbocycles. The van der Waals surface area contributed by atoms with Gasteiger partial charge in [-0.25, -0.2) is 0 Å². The zero-order valence-electron chi connectivity index (χ0n) is 11.3. The summed E-state index contributed by atoms with van der Waals surface area (Å²) in [5.41, 5.74) is 2.62. The lowest BCUT2D eigenvalue weighted by molar-refractivity contribution is -0.384. The molecule has 0 bridgehead atoms. The van der Waals surface area contributed by atoms with Crippen LogP contribution in [0.2, 0.25) is 0 Å². The fourth-order valence-electron chi connectivity index (χ4n) is 1.96. The van der Waals surface area contributed by atoms with Crippen LogP contribution in [0.5, 0.6) is 0 Å². The van der Waals surface area contributed by atoms with Gasteiger partial charge in [0.1, 0.15) is 5.69 Å². The first-order valence-electron chi connectivity index (χ1n) is 6.46. The number of benzene rings is 2. The van der Waals surface area contributed by atoms with Crippen molar-refractivity contribution in [2.75, 3.05) is 11.9 Å². The monoisotopic (exact) mass is 398 g/mol. The van der Waals surface area contributed by atoms with Crippen LogP contribution >= 0.6 is 22.6 Å². The normalized spacial score (nSPS) is 10.4. The maximum absolute atomic E-state index is 11.0. The van der Waals surface area contributed by atoms with E-state index in [0.29, 0.717) is 12.2 Å². The Kier molecular flexibility index (Phi) is 5.51. The first-order chi connectivity index (χ1) is 10.1. The molecule has 0 unspecified atom stereocenters. The molecule has 0 saturated carbocycles. The Morgan fingerprint density at radius 2 is 1.81 bits per heavy atom. The maximum Gasteiger partial charge on any atom is 0.293 e. The molecular formula is C15H15IN2O3.